The maximum atomic E-state index is 3.94. The van der Waals surface area contributed by atoms with Crippen LogP contribution in [-0.2, 0) is 6.42 Å². The van der Waals surface area contributed by atoms with Crippen molar-refractivity contribution < 1.29 is 0 Å². The second-order valence-corrected chi connectivity index (χ2v) is 8.29. The van der Waals surface area contributed by atoms with Crippen LogP contribution in [0.1, 0.15) is 45.6 Å². The molecule has 96 valence electrons. The van der Waals surface area contributed by atoms with E-state index in [0.29, 0.717) is 10.2 Å². The summed E-state index contributed by atoms with van der Waals surface area (Å²) in [5, 5.41) is 4.50. The van der Waals surface area contributed by atoms with Gasteiger partial charge in [0, 0.05) is 4.83 Å². The van der Waals surface area contributed by atoms with Crippen molar-refractivity contribution in [1.29, 1.82) is 0 Å². The van der Waals surface area contributed by atoms with Crippen LogP contribution in [0, 0.1) is 17.3 Å². The number of alkyl halides is 1. The molecule has 1 aromatic heterocycles. The van der Waals surface area contributed by atoms with Gasteiger partial charge in [0.1, 0.15) is 0 Å². The molecule has 17 heavy (non-hydrogen) atoms. The summed E-state index contributed by atoms with van der Waals surface area (Å²) in [6.45, 7) is 7.27. The normalized spacial score (nSPS) is 30.5. The SMILES string of the molecule is CC1CCC(C(C)(C)Cc2ccsc2)C(Br)C1. The van der Waals surface area contributed by atoms with Gasteiger partial charge in [-0.05, 0) is 58.9 Å². The fraction of sp³-hybridized carbons (Fsp3) is 0.733. The second-order valence-electron chi connectivity index (χ2n) is 6.34. The molecule has 1 fully saturated rings. The predicted octanol–water partition coefficient (Wildman–Crippen LogP) is 5.52. The predicted molar refractivity (Wildman–Crippen MR) is 81.0 cm³/mol. The topological polar surface area (TPSA) is 0 Å². The van der Waals surface area contributed by atoms with Gasteiger partial charge in [-0.15, -0.1) is 0 Å². The van der Waals surface area contributed by atoms with E-state index in [-0.39, 0.29) is 0 Å². The van der Waals surface area contributed by atoms with Crippen molar-refractivity contribution >= 4 is 27.3 Å². The first kappa shape index (κ1) is 13.6. The lowest BCUT2D eigenvalue weighted by molar-refractivity contribution is 0.147. The summed E-state index contributed by atoms with van der Waals surface area (Å²) in [5.74, 6) is 1.71. The van der Waals surface area contributed by atoms with Gasteiger partial charge in [-0.25, -0.2) is 0 Å². The minimum Gasteiger partial charge on any atom is -0.152 e. The molecule has 0 aliphatic heterocycles. The molecule has 1 aromatic rings. The minimum atomic E-state index is 0.412. The second kappa shape index (κ2) is 5.44. The van der Waals surface area contributed by atoms with Gasteiger partial charge in [-0.3, -0.25) is 0 Å². The fourth-order valence-corrected chi connectivity index (χ4v) is 5.53. The molecule has 1 heterocycles. The maximum Gasteiger partial charge on any atom is 0.0181 e. The van der Waals surface area contributed by atoms with E-state index in [1.165, 1.54) is 31.2 Å². The molecule has 0 amide bonds. The van der Waals surface area contributed by atoms with Crippen LogP contribution >= 0.6 is 27.3 Å². The van der Waals surface area contributed by atoms with Crippen LogP contribution in [0.2, 0.25) is 0 Å². The molecule has 0 bridgehead atoms. The summed E-state index contributed by atoms with van der Waals surface area (Å²) in [7, 11) is 0. The van der Waals surface area contributed by atoms with Crippen LogP contribution in [0.15, 0.2) is 16.8 Å². The first-order valence-electron chi connectivity index (χ1n) is 6.64. The average molecular weight is 315 g/mol. The Kier molecular flexibility index (Phi) is 4.35. The van der Waals surface area contributed by atoms with E-state index < -0.39 is 0 Å². The lowest BCUT2D eigenvalue weighted by atomic mass is 9.67. The quantitative estimate of drug-likeness (QED) is 0.645. The number of rotatable bonds is 3. The molecule has 0 nitrogen and oxygen atoms in total. The Balaban J connectivity index is 2.04. The van der Waals surface area contributed by atoms with E-state index in [4.69, 9.17) is 0 Å². The smallest absolute Gasteiger partial charge is 0.0181 e. The molecule has 2 rings (SSSR count). The summed E-state index contributed by atoms with van der Waals surface area (Å²) >= 11 is 5.75. The van der Waals surface area contributed by atoms with Gasteiger partial charge in [0.25, 0.3) is 0 Å². The van der Waals surface area contributed by atoms with E-state index in [1.54, 1.807) is 0 Å². The molecular formula is C15H23BrS. The van der Waals surface area contributed by atoms with Gasteiger partial charge >= 0.3 is 0 Å². The first-order valence-corrected chi connectivity index (χ1v) is 8.50. The van der Waals surface area contributed by atoms with Crippen molar-refractivity contribution in [2.75, 3.05) is 0 Å². The van der Waals surface area contributed by atoms with Crippen LogP contribution < -0.4 is 0 Å². The van der Waals surface area contributed by atoms with Crippen molar-refractivity contribution in [2.45, 2.75) is 51.3 Å². The largest absolute Gasteiger partial charge is 0.152 e. The summed E-state index contributed by atoms with van der Waals surface area (Å²) in [6, 6.07) is 2.28. The lowest BCUT2D eigenvalue weighted by Crippen LogP contribution is -2.36. The molecule has 1 aliphatic rings. The highest BCUT2D eigenvalue weighted by atomic mass is 79.9. The van der Waals surface area contributed by atoms with Gasteiger partial charge in [0.2, 0.25) is 0 Å². The van der Waals surface area contributed by atoms with Gasteiger partial charge in [-0.2, -0.15) is 11.3 Å². The van der Waals surface area contributed by atoms with E-state index in [2.05, 4.69) is 53.5 Å². The molecule has 0 spiro atoms. The number of thiophene rings is 1. The van der Waals surface area contributed by atoms with Crippen LogP contribution in [0.3, 0.4) is 0 Å². The molecule has 1 aliphatic carbocycles. The Morgan fingerprint density at radius 2 is 2.18 bits per heavy atom. The third-order valence-corrected chi connectivity index (χ3v) is 6.02. The van der Waals surface area contributed by atoms with Gasteiger partial charge < -0.3 is 0 Å². The molecule has 1 saturated carbocycles. The van der Waals surface area contributed by atoms with Crippen molar-refractivity contribution in [3.63, 3.8) is 0 Å². The molecule has 0 aromatic carbocycles. The number of halogens is 1. The third kappa shape index (κ3) is 3.35. The van der Waals surface area contributed by atoms with Crippen molar-refractivity contribution in [3.05, 3.63) is 22.4 Å². The summed E-state index contributed by atoms with van der Waals surface area (Å²) in [6.07, 6.45) is 5.35. The van der Waals surface area contributed by atoms with E-state index in [1.807, 2.05) is 11.3 Å². The van der Waals surface area contributed by atoms with Crippen LogP contribution in [0.5, 0.6) is 0 Å². The van der Waals surface area contributed by atoms with Gasteiger partial charge in [0.05, 0.1) is 0 Å². The summed E-state index contributed by atoms with van der Waals surface area (Å²) in [5.41, 5.74) is 1.92. The fourth-order valence-electron chi connectivity index (χ4n) is 3.24. The number of hydrogen-bond donors (Lipinski definition) is 0. The highest BCUT2D eigenvalue weighted by Crippen LogP contribution is 2.45. The van der Waals surface area contributed by atoms with E-state index in [9.17, 15) is 0 Å². The Morgan fingerprint density at radius 1 is 1.41 bits per heavy atom. The summed E-state index contributed by atoms with van der Waals surface area (Å²) in [4.78, 5) is 0.708. The Bertz CT molecular complexity index is 342. The van der Waals surface area contributed by atoms with Crippen molar-refractivity contribution in [2.24, 2.45) is 17.3 Å². The maximum absolute atomic E-state index is 3.94. The molecule has 0 N–H and O–H groups in total. The van der Waals surface area contributed by atoms with Crippen molar-refractivity contribution in [1.82, 2.24) is 0 Å². The van der Waals surface area contributed by atoms with Crippen LogP contribution in [0.4, 0.5) is 0 Å². The highest BCUT2D eigenvalue weighted by Gasteiger charge is 2.37. The van der Waals surface area contributed by atoms with Crippen molar-refractivity contribution in [3.8, 4) is 0 Å². The zero-order valence-electron chi connectivity index (χ0n) is 11.1. The Labute approximate surface area is 118 Å². The zero-order chi connectivity index (χ0) is 12.5. The molecule has 0 saturated heterocycles. The third-order valence-electron chi connectivity index (χ3n) is 4.28. The lowest BCUT2D eigenvalue weighted by Gasteiger charge is -2.42. The van der Waals surface area contributed by atoms with Crippen LogP contribution in [-0.4, -0.2) is 4.83 Å². The molecule has 0 radical (unpaired) electrons. The highest BCUT2D eigenvalue weighted by molar-refractivity contribution is 9.09. The Morgan fingerprint density at radius 3 is 2.76 bits per heavy atom. The first-order chi connectivity index (χ1) is 7.99. The molecular weight excluding hydrogens is 292 g/mol. The zero-order valence-corrected chi connectivity index (χ0v) is 13.5. The van der Waals surface area contributed by atoms with E-state index >= 15 is 0 Å². The van der Waals surface area contributed by atoms with Crippen LogP contribution in [0.25, 0.3) is 0 Å². The minimum absolute atomic E-state index is 0.412. The molecule has 3 unspecified atom stereocenters. The number of hydrogen-bond acceptors (Lipinski definition) is 1. The molecule has 3 atom stereocenters. The standard InChI is InChI=1S/C15H23BrS/c1-11-4-5-13(14(16)8-11)15(2,3)9-12-6-7-17-10-12/h6-7,10-11,13-14H,4-5,8-9H2,1-3H3. The average Bonchev–Trinajstić information content (AvgIpc) is 2.68. The molecule has 2 heteroatoms. The monoisotopic (exact) mass is 314 g/mol. The van der Waals surface area contributed by atoms with Gasteiger partial charge in [-0.1, -0.05) is 43.1 Å². The Hall–Kier alpha value is 0.180. The van der Waals surface area contributed by atoms with E-state index in [0.717, 1.165) is 11.8 Å². The summed E-state index contributed by atoms with van der Waals surface area (Å²) < 4.78 is 0. The van der Waals surface area contributed by atoms with Gasteiger partial charge in [0.15, 0.2) is 0 Å².